The molecule has 0 atom stereocenters. The zero-order valence-corrected chi connectivity index (χ0v) is 13.3. The van der Waals surface area contributed by atoms with Crippen LogP contribution in [0.5, 0.6) is 0 Å². The molecule has 1 fully saturated rings. The number of halogens is 2. The lowest BCUT2D eigenvalue weighted by atomic mass is 9.98. The molecule has 0 spiro atoms. The number of nitrogens with one attached hydrogen (secondary N) is 1. The van der Waals surface area contributed by atoms with E-state index >= 15 is 0 Å². The predicted octanol–water partition coefficient (Wildman–Crippen LogP) is 2.51. The van der Waals surface area contributed by atoms with Crippen LogP contribution >= 0.6 is 24.8 Å². The maximum absolute atomic E-state index is 5.58. The van der Waals surface area contributed by atoms with Gasteiger partial charge < -0.3 is 15.6 Å². The van der Waals surface area contributed by atoms with Crippen LogP contribution in [0.1, 0.15) is 30.2 Å². The van der Waals surface area contributed by atoms with Gasteiger partial charge in [0, 0.05) is 18.0 Å². The van der Waals surface area contributed by atoms with E-state index in [0.29, 0.717) is 18.3 Å². The lowest BCUT2D eigenvalue weighted by Crippen LogP contribution is -2.26. The number of hydrogen-bond acceptors (Lipinski definition) is 5. The number of benzene rings is 1. The maximum Gasteiger partial charge on any atom is 0.230 e. The highest BCUT2D eigenvalue weighted by Gasteiger charge is 2.21. The van der Waals surface area contributed by atoms with Crippen LogP contribution in [0.3, 0.4) is 0 Å². The highest BCUT2D eigenvalue weighted by molar-refractivity contribution is 5.85. The van der Waals surface area contributed by atoms with Crippen LogP contribution in [-0.4, -0.2) is 23.2 Å². The minimum absolute atomic E-state index is 0. The Morgan fingerprint density at radius 1 is 1.14 bits per heavy atom. The Labute approximate surface area is 136 Å². The molecule has 0 aliphatic carbocycles. The molecule has 2 aromatic rings. The van der Waals surface area contributed by atoms with Crippen LogP contribution in [-0.2, 0) is 6.54 Å². The second kappa shape index (κ2) is 8.34. The Balaban J connectivity index is 0.00000110. The van der Waals surface area contributed by atoms with Crippen molar-refractivity contribution in [3.8, 4) is 11.4 Å². The zero-order valence-electron chi connectivity index (χ0n) is 11.6. The van der Waals surface area contributed by atoms with Gasteiger partial charge in [-0.25, -0.2) is 0 Å². The third kappa shape index (κ3) is 4.17. The third-order valence-electron chi connectivity index (χ3n) is 3.58. The zero-order chi connectivity index (χ0) is 13.1. The summed E-state index contributed by atoms with van der Waals surface area (Å²) in [7, 11) is 0. The van der Waals surface area contributed by atoms with Crippen molar-refractivity contribution in [3.63, 3.8) is 0 Å². The van der Waals surface area contributed by atoms with Gasteiger partial charge in [-0.1, -0.05) is 29.4 Å². The summed E-state index contributed by atoms with van der Waals surface area (Å²) in [6.07, 6.45) is 2.13. The molecule has 7 heteroatoms. The first-order valence-corrected chi connectivity index (χ1v) is 6.70. The number of nitrogens with zero attached hydrogens (tertiary/aromatic N) is 2. The van der Waals surface area contributed by atoms with Crippen LogP contribution < -0.4 is 11.1 Å². The average Bonchev–Trinajstić information content (AvgIpc) is 2.98. The molecule has 1 aliphatic heterocycles. The van der Waals surface area contributed by atoms with E-state index in [1.165, 1.54) is 0 Å². The summed E-state index contributed by atoms with van der Waals surface area (Å²) < 4.78 is 5.40. The molecule has 21 heavy (non-hydrogen) atoms. The molecule has 1 saturated heterocycles. The van der Waals surface area contributed by atoms with Gasteiger partial charge in [0.15, 0.2) is 0 Å². The fraction of sp³-hybridized carbons (Fsp3) is 0.429. The third-order valence-corrected chi connectivity index (χ3v) is 3.58. The van der Waals surface area contributed by atoms with E-state index < -0.39 is 0 Å². The molecule has 1 aromatic carbocycles. The SMILES string of the molecule is Cl.Cl.NCc1ccc(-c2noc(C3CCNCC3)n2)cc1. The van der Waals surface area contributed by atoms with Crippen molar-refractivity contribution in [1.82, 2.24) is 15.5 Å². The monoisotopic (exact) mass is 330 g/mol. The Kier molecular flexibility index (Phi) is 7.11. The van der Waals surface area contributed by atoms with Crippen LogP contribution in [0.15, 0.2) is 28.8 Å². The molecule has 2 heterocycles. The molecule has 0 radical (unpaired) electrons. The van der Waals surface area contributed by atoms with Gasteiger partial charge in [0.25, 0.3) is 0 Å². The van der Waals surface area contributed by atoms with Gasteiger partial charge in [-0.15, -0.1) is 24.8 Å². The molecule has 3 rings (SSSR count). The minimum atomic E-state index is 0. The first kappa shape index (κ1) is 17.9. The molecular weight excluding hydrogens is 311 g/mol. The average molecular weight is 331 g/mol. The lowest BCUT2D eigenvalue weighted by molar-refractivity contribution is 0.320. The summed E-state index contributed by atoms with van der Waals surface area (Å²) in [5.41, 5.74) is 7.66. The summed E-state index contributed by atoms with van der Waals surface area (Å²) >= 11 is 0. The quantitative estimate of drug-likeness (QED) is 0.904. The number of hydrogen-bond donors (Lipinski definition) is 2. The van der Waals surface area contributed by atoms with Crippen molar-refractivity contribution in [3.05, 3.63) is 35.7 Å². The summed E-state index contributed by atoms with van der Waals surface area (Å²) in [5.74, 6) is 1.82. The van der Waals surface area contributed by atoms with Gasteiger partial charge in [0.1, 0.15) is 0 Å². The minimum Gasteiger partial charge on any atom is -0.339 e. The van der Waals surface area contributed by atoms with Crippen LogP contribution in [0, 0.1) is 0 Å². The van der Waals surface area contributed by atoms with Crippen molar-refractivity contribution in [2.24, 2.45) is 5.73 Å². The highest BCUT2D eigenvalue weighted by atomic mass is 35.5. The Morgan fingerprint density at radius 3 is 2.43 bits per heavy atom. The maximum atomic E-state index is 5.58. The van der Waals surface area contributed by atoms with Crippen molar-refractivity contribution in [2.75, 3.05) is 13.1 Å². The fourth-order valence-corrected chi connectivity index (χ4v) is 2.38. The first-order chi connectivity index (χ1) is 9.36. The van der Waals surface area contributed by atoms with Gasteiger partial charge in [-0.3, -0.25) is 0 Å². The summed E-state index contributed by atoms with van der Waals surface area (Å²) in [5, 5.41) is 7.41. The first-order valence-electron chi connectivity index (χ1n) is 6.70. The fourth-order valence-electron chi connectivity index (χ4n) is 2.38. The predicted molar refractivity (Wildman–Crippen MR) is 87.0 cm³/mol. The molecule has 0 unspecified atom stereocenters. The molecule has 0 saturated carbocycles. The molecular formula is C14H20Cl2N4O. The Hall–Kier alpha value is -1.14. The number of rotatable bonds is 3. The van der Waals surface area contributed by atoms with Crippen LogP contribution in [0.25, 0.3) is 11.4 Å². The molecule has 5 nitrogen and oxygen atoms in total. The summed E-state index contributed by atoms with van der Waals surface area (Å²) in [6, 6.07) is 7.96. The topological polar surface area (TPSA) is 77.0 Å². The summed E-state index contributed by atoms with van der Waals surface area (Å²) in [6.45, 7) is 2.59. The molecule has 116 valence electrons. The van der Waals surface area contributed by atoms with Gasteiger partial charge in [0.05, 0.1) is 0 Å². The molecule has 1 aliphatic rings. The number of nitrogens with two attached hydrogens (primary N) is 1. The number of aromatic nitrogens is 2. The summed E-state index contributed by atoms with van der Waals surface area (Å²) in [4.78, 5) is 4.52. The second-order valence-corrected chi connectivity index (χ2v) is 4.88. The van der Waals surface area contributed by atoms with Gasteiger partial charge in [-0.05, 0) is 31.5 Å². The van der Waals surface area contributed by atoms with E-state index in [-0.39, 0.29) is 24.8 Å². The van der Waals surface area contributed by atoms with Gasteiger partial charge >= 0.3 is 0 Å². The molecule has 0 amide bonds. The van der Waals surface area contributed by atoms with Crippen molar-refractivity contribution < 1.29 is 4.52 Å². The molecule has 3 N–H and O–H groups in total. The Bertz CT molecular complexity index is 538. The van der Waals surface area contributed by atoms with E-state index in [9.17, 15) is 0 Å². The standard InChI is InChI=1S/C14H18N4O.2ClH/c15-9-10-1-3-11(4-2-10)13-17-14(19-18-13)12-5-7-16-8-6-12;;/h1-4,12,16H,5-9,15H2;2*1H. The van der Waals surface area contributed by atoms with Crippen molar-refractivity contribution in [2.45, 2.75) is 25.3 Å². The van der Waals surface area contributed by atoms with Crippen molar-refractivity contribution in [1.29, 1.82) is 0 Å². The normalized spacial score (nSPS) is 15.1. The highest BCUT2D eigenvalue weighted by Crippen LogP contribution is 2.26. The van der Waals surface area contributed by atoms with E-state index in [0.717, 1.165) is 42.9 Å². The van der Waals surface area contributed by atoms with Gasteiger partial charge in [0.2, 0.25) is 11.7 Å². The molecule has 1 aromatic heterocycles. The van der Waals surface area contributed by atoms with E-state index in [4.69, 9.17) is 10.3 Å². The van der Waals surface area contributed by atoms with E-state index in [2.05, 4.69) is 15.5 Å². The largest absolute Gasteiger partial charge is 0.339 e. The van der Waals surface area contributed by atoms with E-state index in [1.807, 2.05) is 24.3 Å². The van der Waals surface area contributed by atoms with Crippen molar-refractivity contribution >= 4 is 24.8 Å². The molecule has 0 bridgehead atoms. The van der Waals surface area contributed by atoms with Crippen LogP contribution in [0.4, 0.5) is 0 Å². The van der Waals surface area contributed by atoms with Crippen LogP contribution in [0.2, 0.25) is 0 Å². The van der Waals surface area contributed by atoms with E-state index in [1.54, 1.807) is 0 Å². The smallest absolute Gasteiger partial charge is 0.230 e. The number of piperidine rings is 1. The Morgan fingerprint density at radius 2 is 1.81 bits per heavy atom. The second-order valence-electron chi connectivity index (χ2n) is 4.88. The van der Waals surface area contributed by atoms with Gasteiger partial charge in [-0.2, -0.15) is 4.98 Å². The lowest BCUT2D eigenvalue weighted by Gasteiger charge is -2.18.